The first-order valence-corrected chi connectivity index (χ1v) is 3.33. The van der Waals surface area contributed by atoms with E-state index >= 15 is 0 Å². The summed E-state index contributed by atoms with van der Waals surface area (Å²) in [5.41, 5.74) is 0. The summed E-state index contributed by atoms with van der Waals surface area (Å²) < 4.78 is 0. The minimum atomic E-state index is -0.463. The molecule has 0 aliphatic heterocycles. The first-order chi connectivity index (χ1) is 4.74. The molecule has 56 valence electrons. The Balaban J connectivity index is 2.42. The zero-order chi connectivity index (χ0) is 7.56. The molecule has 2 atom stereocenters. The molecule has 1 aliphatic rings. The largest absolute Gasteiger partial charge is 0.303 e. The van der Waals surface area contributed by atoms with Crippen molar-refractivity contribution >= 4 is 6.29 Å². The van der Waals surface area contributed by atoms with Gasteiger partial charge in [0.15, 0.2) is 0 Å². The molecule has 1 rings (SSSR count). The normalized spacial score (nSPS) is 32.0. The molecule has 0 heterocycles. The highest BCUT2D eigenvalue weighted by Crippen LogP contribution is 2.25. The summed E-state index contributed by atoms with van der Waals surface area (Å²) in [6.45, 7) is 0. The number of carbonyl (C=O) groups is 1. The van der Waals surface area contributed by atoms with E-state index in [1.807, 2.05) is 0 Å². The zero-order valence-electron chi connectivity index (χ0n) is 5.53. The van der Waals surface area contributed by atoms with Gasteiger partial charge in [0.2, 0.25) is 6.04 Å². The number of hydrogen-bond acceptors (Lipinski definition) is 3. The van der Waals surface area contributed by atoms with Crippen LogP contribution in [-0.4, -0.2) is 17.3 Å². The van der Waals surface area contributed by atoms with Gasteiger partial charge in [-0.25, -0.2) is 0 Å². The molecular weight excluding hydrogens is 134 g/mol. The summed E-state index contributed by atoms with van der Waals surface area (Å²) in [6, 6.07) is -0.463. The van der Waals surface area contributed by atoms with Gasteiger partial charge in [0.25, 0.3) is 0 Å². The third-order valence-corrected chi connectivity index (χ3v) is 1.94. The molecule has 10 heavy (non-hydrogen) atoms. The molecule has 0 spiro atoms. The molecule has 1 saturated carbocycles. The second kappa shape index (κ2) is 2.77. The van der Waals surface area contributed by atoms with Crippen molar-refractivity contribution in [2.24, 2.45) is 5.92 Å². The van der Waals surface area contributed by atoms with Gasteiger partial charge in [0.05, 0.1) is 0 Å². The molecular formula is C6H9NO3. The highest BCUT2D eigenvalue weighted by Gasteiger charge is 2.31. The third-order valence-electron chi connectivity index (χ3n) is 1.94. The topological polar surface area (TPSA) is 60.2 Å². The highest BCUT2D eigenvalue weighted by atomic mass is 16.6. The molecule has 4 nitrogen and oxygen atoms in total. The number of carbonyl (C=O) groups excluding carboxylic acids is 1. The Bertz CT molecular complexity index is 157. The Morgan fingerprint density at radius 2 is 2.20 bits per heavy atom. The molecule has 0 aromatic rings. The van der Waals surface area contributed by atoms with E-state index < -0.39 is 6.04 Å². The molecule has 1 fully saturated rings. The van der Waals surface area contributed by atoms with Gasteiger partial charge in [-0.15, -0.1) is 0 Å². The quantitative estimate of drug-likeness (QED) is 0.323. The molecule has 0 aromatic carbocycles. The lowest BCUT2D eigenvalue weighted by Gasteiger charge is -1.97. The summed E-state index contributed by atoms with van der Waals surface area (Å²) >= 11 is 0. The number of rotatable bonds is 2. The molecule has 1 aliphatic carbocycles. The predicted octanol–water partition coefficient (Wildman–Crippen LogP) is 0.631. The van der Waals surface area contributed by atoms with Crippen LogP contribution in [0.5, 0.6) is 0 Å². The van der Waals surface area contributed by atoms with Crippen LogP contribution < -0.4 is 0 Å². The Kier molecular flexibility index (Phi) is 1.99. The Hall–Kier alpha value is -0.930. The number of aldehydes is 1. The fourth-order valence-electron chi connectivity index (χ4n) is 1.31. The maximum atomic E-state index is 10.2. The number of hydrogen-bond donors (Lipinski definition) is 0. The maximum Gasteiger partial charge on any atom is 0.213 e. The standard InChI is InChI=1S/C6H9NO3/c8-4-5-1-2-6(3-5)7(9)10/h4-6H,1-3H2/t5-,6+/m1/s1. The Morgan fingerprint density at radius 1 is 1.50 bits per heavy atom. The van der Waals surface area contributed by atoms with Gasteiger partial charge in [-0.2, -0.15) is 0 Å². The minimum Gasteiger partial charge on any atom is -0.303 e. The molecule has 0 bridgehead atoms. The smallest absolute Gasteiger partial charge is 0.213 e. The van der Waals surface area contributed by atoms with Crippen LogP contribution >= 0.6 is 0 Å². The van der Waals surface area contributed by atoms with Crippen LogP contribution in [-0.2, 0) is 4.79 Å². The molecule has 0 radical (unpaired) electrons. The number of nitrogens with zero attached hydrogens (tertiary/aromatic N) is 1. The summed E-state index contributed by atoms with van der Waals surface area (Å²) in [5, 5.41) is 10.2. The lowest BCUT2D eigenvalue weighted by molar-refractivity contribution is -0.520. The summed E-state index contributed by atoms with van der Waals surface area (Å²) in [4.78, 5) is 20.0. The van der Waals surface area contributed by atoms with Crippen molar-refractivity contribution in [1.82, 2.24) is 0 Å². The average Bonchev–Trinajstić information content (AvgIpc) is 2.34. The van der Waals surface area contributed by atoms with Crippen LogP contribution in [0.25, 0.3) is 0 Å². The lowest BCUT2D eigenvalue weighted by Crippen LogP contribution is -2.15. The van der Waals surface area contributed by atoms with Gasteiger partial charge >= 0.3 is 0 Å². The Labute approximate surface area is 58.4 Å². The average molecular weight is 143 g/mol. The monoisotopic (exact) mass is 143 g/mol. The minimum absolute atomic E-state index is 0.0598. The van der Waals surface area contributed by atoms with E-state index in [0.29, 0.717) is 19.3 Å². The molecule has 0 unspecified atom stereocenters. The summed E-state index contributed by atoms with van der Waals surface area (Å²) in [6.07, 6.45) is 2.52. The summed E-state index contributed by atoms with van der Waals surface area (Å²) in [5.74, 6) is -0.0598. The van der Waals surface area contributed by atoms with E-state index in [-0.39, 0.29) is 10.8 Å². The van der Waals surface area contributed by atoms with E-state index in [2.05, 4.69) is 0 Å². The van der Waals surface area contributed by atoms with E-state index in [4.69, 9.17) is 0 Å². The molecule has 0 N–H and O–H groups in total. The zero-order valence-corrected chi connectivity index (χ0v) is 5.53. The van der Waals surface area contributed by atoms with Crippen LogP contribution in [0.1, 0.15) is 19.3 Å². The van der Waals surface area contributed by atoms with E-state index in [1.165, 1.54) is 0 Å². The first-order valence-electron chi connectivity index (χ1n) is 3.33. The van der Waals surface area contributed by atoms with Gasteiger partial charge in [-0.1, -0.05) is 0 Å². The first kappa shape index (κ1) is 7.18. The van der Waals surface area contributed by atoms with Crippen LogP contribution in [0.3, 0.4) is 0 Å². The van der Waals surface area contributed by atoms with Crippen molar-refractivity contribution < 1.29 is 9.72 Å². The van der Waals surface area contributed by atoms with Gasteiger partial charge in [0.1, 0.15) is 6.29 Å². The van der Waals surface area contributed by atoms with Crippen molar-refractivity contribution in [2.75, 3.05) is 0 Å². The number of nitro groups is 1. The van der Waals surface area contributed by atoms with Gasteiger partial charge in [-0.3, -0.25) is 10.1 Å². The fraction of sp³-hybridized carbons (Fsp3) is 0.833. The maximum absolute atomic E-state index is 10.2. The van der Waals surface area contributed by atoms with Crippen LogP contribution in [0.2, 0.25) is 0 Å². The third kappa shape index (κ3) is 1.32. The van der Waals surface area contributed by atoms with Crippen molar-refractivity contribution in [3.8, 4) is 0 Å². The summed E-state index contributed by atoms with van der Waals surface area (Å²) in [7, 11) is 0. The molecule has 4 heteroatoms. The van der Waals surface area contributed by atoms with Crippen LogP contribution in [0, 0.1) is 16.0 Å². The van der Waals surface area contributed by atoms with Crippen LogP contribution in [0.15, 0.2) is 0 Å². The lowest BCUT2D eigenvalue weighted by atomic mass is 10.1. The van der Waals surface area contributed by atoms with E-state index in [0.717, 1.165) is 6.29 Å². The van der Waals surface area contributed by atoms with Crippen molar-refractivity contribution in [3.05, 3.63) is 10.1 Å². The second-order valence-corrected chi connectivity index (χ2v) is 2.65. The molecule has 0 saturated heterocycles. The SMILES string of the molecule is O=C[C@@H]1CC[C@H]([N+](=O)[O-])C1. The van der Waals surface area contributed by atoms with Gasteiger partial charge in [-0.05, 0) is 6.42 Å². The molecule has 0 amide bonds. The van der Waals surface area contributed by atoms with Gasteiger partial charge in [0, 0.05) is 23.7 Å². The van der Waals surface area contributed by atoms with E-state index in [9.17, 15) is 14.9 Å². The fourth-order valence-corrected chi connectivity index (χ4v) is 1.31. The van der Waals surface area contributed by atoms with Crippen molar-refractivity contribution in [2.45, 2.75) is 25.3 Å². The highest BCUT2D eigenvalue weighted by molar-refractivity contribution is 5.54. The van der Waals surface area contributed by atoms with Gasteiger partial charge < -0.3 is 4.79 Å². The van der Waals surface area contributed by atoms with Crippen molar-refractivity contribution in [3.63, 3.8) is 0 Å². The van der Waals surface area contributed by atoms with Crippen LogP contribution in [0.4, 0.5) is 0 Å². The van der Waals surface area contributed by atoms with E-state index in [1.54, 1.807) is 0 Å². The Morgan fingerprint density at radius 3 is 2.50 bits per heavy atom. The second-order valence-electron chi connectivity index (χ2n) is 2.65. The van der Waals surface area contributed by atoms with Crippen molar-refractivity contribution in [1.29, 1.82) is 0 Å². The predicted molar refractivity (Wildman–Crippen MR) is 34.2 cm³/mol. The molecule has 0 aromatic heterocycles.